The molecule has 16 heavy (non-hydrogen) atoms. The molecule has 1 rings (SSSR count). The lowest BCUT2D eigenvalue weighted by atomic mass is 10.2. The first kappa shape index (κ1) is 13.6. The van der Waals surface area contributed by atoms with E-state index in [1.54, 1.807) is 7.11 Å². The fourth-order valence-corrected chi connectivity index (χ4v) is 1.84. The maximum absolute atomic E-state index is 9.57. The third-order valence-electron chi connectivity index (χ3n) is 2.25. The number of ether oxygens (including phenoxy) is 1. The van der Waals surface area contributed by atoms with Crippen LogP contribution in [0.1, 0.15) is 5.56 Å². The van der Waals surface area contributed by atoms with Crippen molar-refractivity contribution in [2.24, 2.45) is 0 Å². The Labute approximate surface area is 105 Å². The monoisotopic (exact) mass is 287 g/mol. The molecule has 0 heterocycles. The van der Waals surface area contributed by atoms with Crippen molar-refractivity contribution in [3.63, 3.8) is 0 Å². The van der Waals surface area contributed by atoms with Gasteiger partial charge in [-0.25, -0.2) is 0 Å². The summed E-state index contributed by atoms with van der Waals surface area (Å²) in [6.07, 6.45) is -0.426. The maximum Gasteiger partial charge on any atom is 0.0900 e. The van der Waals surface area contributed by atoms with Crippen molar-refractivity contribution >= 4 is 15.9 Å². The molecular weight excluding hydrogens is 270 g/mol. The number of benzene rings is 1. The number of rotatable bonds is 6. The summed E-state index contributed by atoms with van der Waals surface area (Å²) in [5.74, 6) is 0. The van der Waals surface area contributed by atoms with Crippen LogP contribution in [-0.2, 0) is 11.3 Å². The molecule has 0 aliphatic heterocycles. The van der Waals surface area contributed by atoms with Crippen LogP contribution < -0.4 is 0 Å². The quantitative estimate of drug-likeness (QED) is 0.867. The van der Waals surface area contributed by atoms with Crippen molar-refractivity contribution in [1.29, 1.82) is 0 Å². The summed E-state index contributed by atoms with van der Waals surface area (Å²) in [4.78, 5) is 2.08. The number of hydrogen-bond donors (Lipinski definition) is 1. The first-order valence-electron chi connectivity index (χ1n) is 5.22. The fraction of sp³-hybridized carbons (Fsp3) is 0.500. The average Bonchev–Trinajstić information content (AvgIpc) is 2.21. The van der Waals surface area contributed by atoms with E-state index in [1.165, 1.54) is 5.56 Å². The molecule has 0 spiro atoms. The smallest absolute Gasteiger partial charge is 0.0900 e. The number of likely N-dealkylation sites (N-methyl/N-ethyl adjacent to an activating group) is 1. The number of aliphatic hydroxyl groups excluding tert-OH is 1. The molecule has 0 amide bonds. The van der Waals surface area contributed by atoms with Gasteiger partial charge in [0.15, 0.2) is 0 Å². The minimum atomic E-state index is -0.426. The minimum absolute atomic E-state index is 0.380. The van der Waals surface area contributed by atoms with Gasteiger partial charge in [-0.15, -0.1) is 0 Å². The van der Waals surface area contributed by atoms with Gasteiger partial charge in [0.2, 0.25) is 0 Å². The highest BCUT2D eigenvalue weighted by Crippen LogP contribution is 2.11. The molecule has 0 aliphatic carbocycles. The molecule has 4 heteroatoms. The largest absolute Gasteiger partial charge is 0.389 e. The van der Waals surface area contributed by atoms with Crippen LogP contribution in [0.4, 0.5) is 0 Å². The molecule has 90 valence electrons. The summed E-state index contributed by atoms with van der Waals surface area (Å²) in [6.45, 7) is 1.82. The Kier molecular flexibility index (Phi) is 5.98. The third-order valence-corrected chi connectivity index (χ3v) is 2.78. The van der Waals surface area contributed by atoms with Crippen molar-refractivity contribution in [2.75, 3.05) is 27.3 Å². The predicted molar refractivity (Wildman–Crippen MR) is 68.4 cm³/mol. The molecule has 3 nitrogen and oxygen atoms in total. The second-order valence-electron chi connectivity index (χ2n) is 3.93. The van der Waals surface area contributed by atoms with Crippen molar-refractivity contribution in [3.8, 4) is 0 Å². The number of halogens is 1. The van der Waals surface area contributed by atoms with Crippen molar-refractivity contribution < 1.29 is 9.84 Å². The topological polar surface area (TPSA) is 32.7 Å². The van der Waals surface area contributed by atoms with Crippen molar-refractivity contribution in [1.82, 2.24) is 4.90 Å². The minimum Gasteiger partial charge on any atom is -0.389 e. The van der Waals surface area contributed by atoms with Gasteiger partial charge in [0.1, 0.15) is 0 Å². The van der Waals surface area contributed by atoms with Crippen LogP contribution in [0, 0.1) is 0 Å². The fourth-order valence-electron chi connectivity index (χ4n) is 1.57. The average molecular weight is 288 g/mol. The molecule has 0 saturated carbocycles. The number of nitrogens with zero attached hydrogens (tertiary/aromatic N) is 1. The lowest BCUT2D eigenvalue weighted by Gasteiger charge is -2.20. The van der Waals surface area contributed by atoms with Crippen LogP contribution in [0.25, 0.3) is 0 Å². The van der Waals surface area contributed by atoms with E-state index in [1.807, 2.05) is 19.2 Å². The highest BCUT2D eigenvalue weighted by atomic mass is 79.9. The summed E-state index contributed by atoms with van der Waals surface area (Å²) in [6, 6.07) is 8.19. The maximum atomic E-state index is 9.57. The van der Waals surface area contributed by atoms with E-state index in [0.717, 1.165) is 11.0 Å². The number of hydrogen-bond acceptors (Lipinski definition) is 3. The second kappa shape index (κ2) is 7.01. The van der Waals surface area contributed by atoms with Crippen LogP contribution in [0.5, 0.6) is 0 Å². The normalized spacial score (nSPS) is 13.1. The number of aliphatic hydroxyl groups is 1. The predicted octanol–water partition coefficient (Wildman–Crippen LogP) is 1.89. The number of methoxy groups -OCH3 is 1. The summed E-state index contributed by atoms with van der Waals surface area (Å²) in [7, 11) is 3.58. The third kappa shape index (κ3) is 5.07. The molecule has 0 aliphatic rings. The Morgan fingerprint density at radius 3 is 2.56 bits per heavy atom. The van der Waals surface area contributed by atoms with Crippen molar-refractivity contribution in [2.45, 2.75) is 12.6 Å². The Bertz CT molecular complexity index is 302. The highest BCUT2D eigenvalue weighted by molar-refractivity contribution is 9.10. The van der Waals surface area contributed by atoms with Crippen LogP contribution in [0.15, 0.2) is 28.7 Å². The van der Waals surface area contributed by atoms with Gasteiger partial charge < -0.3 is 9.84 Å². The van der Waals surface area contributed by atoms with Gasteiger partial charge in [-0.2, -0.15) is 0 Å². The van der Waals surface area contributed by atoms with Gasteiger partial charge in [0, 0.05) is 24.7 Å². The van der Waals surface area contributed by atoms with E-state index in [9.17, 15) is 5.11 Å². The molecule has 0 aromatic heterocycles. The molecule has 1 unspecified atom stereocenters. The van der Waals surface area contributed by atoms with Crippen LogP contribution in [0.2, 0.25) is 0 Å². The molecule has 0 saturated heterocycles. The van der Waals surface area contributed by atoms with Crippen molar-refractivity contribution in [3.05, 3.63) is 34.3 Å². The van der Waals surface area contributed by atoms with Gasteiger partial charge in [-0.1, -0.05) is 28.1 Å². The lowest BCUT2D eigenvalue weighted by Crippen LogP contribution is -2.31. The molecular formula is C12H18BrNO2. The van der Waals surface area contributed by atoms with Gasteiger partial charge in [0.25, 0.3) is 0 Å². The zero-order chi connectivity index (χ0) is 12.0. The van der Waals surface area contributed by atoms with E-state index in [2.05, 4.69) is 33.0 Å². The van der Waals surface area contributed by atoms with E-state index < -0.39 is 6.10 Å². The van der Waals surface area contributed by atoms with Gasteiger partial charge in [0.05, 0.1) is 12.7 Å². The van der Waals surface area contributed by atoms with Crippen LogP contribution in [-0.4, -0.2) is 43.4 Å². The Morgan fingerprint density at radius 2 is 2.00 bits per heavy atom. The summed E-state index contributed by atoms with van der Waals surface area (Å²) in [5, 5.41) is 9.57. The van der Waals surface area contributed by atoms with Crippen LogP contribution in [0.3, 0.4) is 0 Å². The molecule has 0 bridgehead atoms. The highest BCUT2D eigenvalue weighted by Gasteiger charge is 2.07. The summed E-state index contributed by atoms with van der Waals surface area (Å²) < 4.78 is 5.97. The zero-order valence-electron chi connectivity index (χ0n) is 9.69. The molecule has 1 aromatic carbocycles. The van der Waals surface area contributed by atoms with Gasteiger partial charge in [-0.3, -0.25) is 4.90 Å². The molecule has 1 N–H and O–H groups in total. The summed E-state index contributed by atoms with van der Waals surface area (Å²) in [5.41, 5.74) is 1.23. The van der Waals surface area contributed by atoms with E-state index >= 15 is 0 Å². The molecule has 1 atom stereocenters. The van der Waals surface area contributed by atoms with Gasteiger partial charge in [-0.05, 0) is 24.7 Å². The Balaban J connectivity index is 2.39. The molecule has 1 aromatic rings. The molecule has 0 radical (unpaired) electrons. The lowest BCUT2D eigenvalue weighted by molar-refractivity contribution is 0.0419. The zero-order valence-corrected chi connectivity index (χ0v) is 11.3. The second-order valence-corrected chi connectivity index (χ2v) is 4.85. The van der Waals surface area contributed by atoms with Crippen LogP contribution >= 0.6 is 15.9 Å². The van der Waals surface area contributed by atoms with E-state index in [0.29, 0.717) is 13.2 Å². The standard InChI is InChI=1S/C12H18BrNO2/c1-14(8-12(15)9-16-2)7-10-3-5-11(13)6-4-10/h3-6,12,15H,7-9H2,1-2H3. The SMILES string of the molecule is COCC(O)CN(C)Cc1ccc(Br)cc1. The first-order valence-corrected chi connectivity index (χ1v) is 6.01. The van der Waals surface area contributed by atoms with Gasteiger partial charge >= 0.3 is 0 Å². The molecule has 0 fully saturated rings. The summed E-state index contributed by atoms with van der Waals surface area (Å²) >= 11 is 3.40. The van der Waals surface area contributed by atoms with E-state index in [-0.39, 0.29) is 0 Å². The first-order chi connectivity index (χ1) is 7.61. The Hall–Kier alpha value is -0.420. The Morgan fingerprint density at radius 1 is 1.38 bits per heavy atom. The van der Waals surface area contributed by atoms with E-state index in [4.69, 9.17) is 4.74 Å².